The molecule has 2 aromatic heterocycles. The summed E-state index contributed by atoms with van der Waals surface area (Å²) in [5.74, 6) is 0.472. The van der Waals surface area contributed by atoms with Gasteiger partial charge in [-0.05, 0) is 13.3 Å². The highest BCUT2D eigenvalue weighted by molar-refractivity contribution is 5.88. The zero-order chi connectivity index (χ0) is 13.1. The predicted molar refractivity (Wildman–Crippen MR) is 58.9 cm³/mol. The quantitative estimate of drug-likeness (QED) is 0.724. The summed E-state index contributed by atoms with van der Waals surface area (Å²) in [7, 11) is 1.31. The molecule has 0 spiro atoms. The van der Waals surface area contributed by atoms with E-state index in [9.17, 15) is 4.79 Å². The molecule has 0 saturated heterocycles. The molecule has 96 valence electrons. The van der Waals surface area contributed by atoms with E-state index in [0.29, 0.717) is 23.8 Å². The number of esters is 1. The van der Waals surface area contributed by atoms with E-state index in [1.165, 1.54) is 7.11 Å². The van der Waals surface area contributed by atoms with E-state index >= 15 is 0 Å². The Morgan fingerprint density at radius 3 is 2.83 bits per heavy atom. The lowest BCUT2D eigenvalue weighted by Crippen LogP contribution is -2.10. The lowest BCUT2D eigenvalue weighted by Gasteiger charge is -2.02. The highest BCUT2D eigenvalue weighted by Crippen LogP contribution is 2.10. The number of hydrogen-bond donors (Lipinski definition) is 0. The van der Waals surface area contributed by atoms with Crippen LogP contribution >= 0.6 is 0 Å². The minimum Gasteiger partial charge on any atom is -0.464 e. The summed E-state index contributed by atoms with van der Waals surface area (Å²) in [5, 5.41) is 11.4. The molecule has 2 aromatic rings. The molecule has 8 heteroatoms. The summed E-state index contributed by atoms with van der Waals surface area (Å²) in [5.41, 5.74) is 0.897. The van der Waals surface area contributed by atoms with Crippen LogP contribution < -0.4 is 0 Å². The highest BCUT2D eigenvalue weighted by Gasteiger charge is 2.19. The molecule has 18 heavy (non-hydrogen) atoms. The maximum Gasteiger partial charge on any atom is 0.360 e. The maximum absolute atomic E-state index is 11.5. The van der Waals surface area contributed by atoms with Crippen molar-refractivity contribution in [2.45, 2.75) is 26.8 Å². The summed E-state index contributed by atoms with van der Waals surface area (Å²) < 4.78 is 11.2. The Bertz CT molecular complexity index is 560. The summed E-state index contributed by atoms with van der Waals surface area (Å²) in [6.45, 7) is 3.92. The van der Waals surface area contributed by atoms with Crippen molar-refractivity contribution in [3.63, 3.8) is 0 Å². The third-order valence-corrected chi connectivity index (χ3v) is 2.41. The first-order chi connectivity index (χ1) is 8.65. The Hall–Kier alpha value is -2.25. The van der Waals surface area contributed by atoms with E-state index in [1.807, 2.05) is 6.92 Å². The van der Waals surface area contributed by atoms with Crippen molar-refractivity contribution in [2.24, 2.45) is 0 Å². The highest BCUT2D eigenvalue weighted by atomic mass is 16.5. The van der Waals surface area contributed by atoms with E-state index in [4.69, 9.17) is 4.52 Å². The van der Waals surface area contributed by atoms with Crippen LogP contribution in [0.3, 0.4) is 0 Å². The minimum absolute atomic E-state index is 0.219. The van der Waals surface area contributed by atoms with Gasteiger partial charge in [0.25, 0.3) is 0 Å². The van der Waals surface area contributed by atoms with Gasteiger partial charge in [0.05, 0.1) is 12.8 Å². The molecule has 0 aliphatic carbocycles. The van der Waals surface area contributed by atoms with Crippen molar-refractivity contribution < 1.29 is 14.1 Å². The van der Waals surface area contributed by atoms with Gasteiger partial charge in [-0.25, -0.2) is 9.48 Å². The van der Waals surface area contributed by atoms with Crippen molar-refractivity contribution in [3.05, 3.63) is 23.1 Å². The molecule has 0 aliphatic rings. The molecule has 0 radical (unpaired) electrons. The van der Waals surface area contributed by atoms with E-state index in [-0.39, 0.29) is 12.2 Å². The average molecular weight is 251 g/mol. The first-order valence-electron chi connectivity index (χ1n) is 5.45. The summed E-state index contributed by atoms with van der Waals surface area (Å²) in [6, 6.07) is 0. The Morgan fingerprint density at radius 1 is 1.50 bits per heavy atom. The fraction of sp³-hybridized carbons (Fsp3) is 0.500. The molecule has 0 bridgehead atoms. The van der Waals surface area contributed by atoms with Crippen molar-refractivity contribution in [1.29, 1.82) is 0 Å². The van der Waals surface area contributed by atoms with E-state index in [0.717, 1.165) is 0 Å². The predicted octanol–water partition coefficient (Wildman–Crippen LogP) is 0.367. The number of methoxy groups -OCH3 is 1. The van der Waals surface area contributed by atoms with Crippen LogP contribution in [0.4, 0.5) is 0 Å². The van der Waals surface area contributed by atoms with Crippen LogP contribution in [-0.2, 0) is 17.7 Å². The van der Waals surface area contributed by atoms with Crippen LogP contribution in [0.25, 0.3) is 0 Å². The first kappa shape index (κ1) is 12.2. The number of aromatic nitrogens is 5. The van der Waals surface area contributed by atoms with Gasteiger partial charge in [-0.2, -0.15) is 4.98 Å². The largest absolute Gasteiger partial charge is 0.464 e. The number of rotatable bonds is 4. The standard InChI is InChI=1S/C10H13N5O3/c1-4-7-9(10(16)17-3)12-14-15(7)5-8-11-6(2)13-18-8/h4-5H2,1-3H3. The molecule has 0 fully saturated rings. The second-order valence-electron chi connectivity index (χ2n) is 3.62. The van der Waals surface area contributed by atoms with Gasteiger partial charge in [0.15, 0.2) is 11.5 Å². The molecular formula is C10H13N5O3. The van der Waals surface area contributed by atoms with Crippen LogP contribution in [-0.4, -0.2) is 38.2 Å². The molecule has 0 atom stereocenters. The summed E-state index contributed by atoms with van der Waals surface area (Å²) in [6.07, 6.45) is 0.602. The van der Waals surface area contributed by atoms with Crippen LogP contribution in [0, 0.1) is 6.92 Å². The zero-order valence-electron chi connectivity index (χ0n) is 10.4. The molecule has 2 heterocycles. The van der Waals surface area contributed by atoms with Gasteiger partial charge in [0.2, 0.25) is 5.89 Å². The first-order valence-corrected chi connectivity index (χ1v) is 5.45. The van der Waals surface area contributed by atoms with Crippen LogP contribution in [0.2, 0.25) is 0 Å². The number of hydrogen-bond acceptors (Lipinski definition) is 7. The van der Waals surface area contributed by atoms with Gasteiger partial charge in [0.1, 0.15) is 6.54 Å². The second kappa shape index (κ2) is 4.94. The minimum atomic E-state index is -0.500. The van der Waals surface area contributed by atoms with Gasteiger partial charge in [-0.15, -0.1) is 5.10 Å². The van der Waals surface area contributed by atoms with Gasteiger partial charge < -0.3 is 9.26 Å². The lowest BCUT2D eigenvalue weighted by molar-refractivity contribution is 0.0592. The van der Waals surface area contributed by atoms with Crippen LogP contribution in [0.1, 0.15) is 34.8 Å². The molecule has 0 unspecified atom stereocenters. The third kappa shape index (κ3) is 2.22. The number of nitrogens with zero attached hydrogens (tertiary/aromatic N) is 5. The fourth-order valence-corrected chi connectivity index (χ4v) is 1.60. The Labute approximate surface area is 103 Å². The number of carbonyl (C=O) groups is 1. The molecule has 0 saturated carbocycles. The normalized spacial score (nSPS) is 10.6. The second-order valence-corrected chi connectivity index (χ2v) is 3.62. The van der Waals surface area contributed by atoms with Gasteiger partial charge in [-0.3, -0.25) is 0 Å². The summed E-state index contributed by atoms with van der Waals surface area (Å²) in [4.78, 5) is 15.5. The van der Waals surface area contributed by atoms with Crippen molar-refractivity contribution >= 4 is 5.97 Å². The SMILES string of the molecule is CCc1c(C(=O)OC)nnn1Cc1nc(C)no1. The number of ether oxygens (including phenoxy) is 1. The fourth-order valence-electron chi connectivity index (χ4n) is 1.60. The molecule has 8 nitrogen and oxygen atoms in total. The number of carbonyl (C=O) groups excluding carboxylic acids is 1. The molecule has 0 amide bonds. The van der Waals surface area contributed by atoms with Gasteiger partial charge in [-0.1, -0.05) is 17.3 Å². The van der Waals surface area contributed by atoms with Crippen LogP contribution in [0.5, 0.6) is 0 Å². The van der Waals surface area contributed by atoms with Crippen LogP contribution in [0.15, 0.2) is 4.52 Å². The molecule has 0 aliphatic heterocycles. The van der Waals surface area contributed by atoms with E-state index < -0.39 is 5.97 Å². The zero-order valence-corrected chi connectivity index (χ0v) is 10.4. The monoisotopic (exact) mass is 251 g/mol. The Kier molecular flexibility index (Phi) is 3.35. The van der Waals surface area contributed by atoms with Crippen molar-refractivity contribution in [1.82, 2.24) is 25.1 Å². The van der Waals surface area contributed by atoms with Gasteiger partial charge in [0, 0.05) is 0 Å². The Morgan fingerprint density at radius 2 is 2.28 bits per heavy atom. The maximum atomic E-state index is 11.5. The van der Waals surface area contributed by atoms with Crippen molar-refractivity contribution in [3.8, 4) is 0 Å². The molecular weight excluding hydrogens is 238 g/mol. The average Bonchev–Trinajstić information content (AvgIpc) is 2.95. The smallest absolute Gasteiger partial charge is 0.360 e. The molecule has 0 aromatic carbocycles. The van der Waals surface area contributed by atoms with E-state index in [2.05, 4.69) is 25.2 Å². The van der Waals surface area contributed by atoms with Gasteiger partial charge >= 0.3 is 5.97 Å². The number of aryl methyl sites for hydroxylation is 1. The Balaban J connectivity index is 2.28. The molecule has 0 N–H and O–H groups in total. The lowest BCUT2D eigenvalue weighted by atomic mass is 10.2. The molecule has 2 rings (SSSR count). The third-order valence-electron chi connectivity index (χ3n) is 2.41. The summed E-state index contributed by atoms with van der Waals surface area (Å²) >= 11 is 0. The van der Waals surface area contributed by atoms with E-state index in [1.54, 1.807) is 11.6 Å². The van der Waals surface area contributed by atoms with Crippen molar-refractivity contribution in [2.75, 3.05) is 7.11 Å². The topological polar surface area (TPSA) is 95.9 Å².